The van der Waals surface area contributed by atoms with Gasteiger partial charge in [0, 0.05) is 6.04 Å². The molecular weight excluding hydrogens is 422 g/mol. The second-order valence-corrected chi connectivity index (χ2v) is 8.10. The molecule has 0 heterocycles. The summed E-state index contributed by atoms with van der Waals surface area (Å²) < 4.78 is 11.1. The van der Waals surface area contributed by atoms with Crippen molar-refractivity contribution in [3.05, 3.63) is 69.3 Å². The first-order valence-electron chi connectivity index (χ1n) is 10.9. The average Bonchev–Trinajstić information content (AvgIpc) is 2.83. The van der Waals surface area contributed by atoms with Crippen LogP contribution in [0.5, 0.6) is 11.5 Å². The zero-order valence-electron chi connectivity index (χ0n) is 18.7. The third-order valence-corrected chi connectivity index (χ3v) is 5.84. The first kappa shape index (κ1) is 23.8. The van der Waals surface area contributed by atoms with Crippen LogP contribution in [0.25, 0.3) is 6.08 Å². The van der Waals surface area contributed by atoms with Gasteiger partial charge in [0.2, 0.25) is 0 Å². The van der Waals surface area contributed by atoms with Gasteiger partial charge in [0.1, 0.15) is 18.2 Å². The maximum atomic E-state index is 12.7. The van der Waals surface area contributed by atoms with Gasteiger partial charge in [-0.25, -0.2) is 0 Å². The summed E-state index contributed by atoms with van der Waals surface area (Å²) >= 11 is 0. The first-order chi connectivity index (χ1) is 15.9. The second kappa shape index (κ2) is 11.1. The number of carbonyl (C=O) groups excluding carboxylic acids is 1. The number of methoxy groups -OCH3 is 1. The minimum Gasteiger partial charge on any atom is -0.493 e. The molecule has 3 rings (SSSR count). The maximum absolute atomic E-state index is 12.7. The Hall–Kier alpha value is -3.86. The summed E-state index contributed by atoms with van der Waals surface area (Å²) in [6.07, 6.45) is 5.24. The van der Waals surface area contributed by atoms with Crippen LogP contribution in [0.3, 0.4) is 0 Å². The Bertz CT molecular complexity index is 1080. The molecule has 2 unspecified atom stereocenters. The topological polar surface area (TPSA) is 114 Å². The molecule has 8 nitrogen and oxygen atoms in total. The van der Waals surface area contributed by atoms with Crippen molar-refractivity contribution in [3.63, 3.8) is 0 Å². The highest BCUT2D eigenvalue weighted by atomic mass is 16.6. The summed E-state index contributed by atoms with van der Waals surface area (Å²) in [5.74, 6) is 0.248. The first-order valence-corrected chi connectivity index (χ1v) is 10.9. The van der Waals surface area contributed by atoms with E-state index in [1.807, 2.05) is 36.4 Å². The van der Waals surface area contributed by atoms with E-state index < -0.39 is 10.8 Å². The van der Waals surface area contributed by atoms with Gasteiger partial charge in [-0.2, -0.15) is 5.26 Å². The molecule has 0 aromatic heterocycles. The molecule has 0 bridgehead atoms. The third-order valence-electron chi connectivity index (χ3n) is 5.84. The van der Waals surface area contributed by atoms with E-state index in [0.717, 1.165) is 31.2 Å². The molecule has 1 amide bonds. The van der Waals surface area contributed by atoms with E-state index in [0.29, 0.717) is 5.92 Å². The Balaban J connectivity index is 1.88. The van der Waals surface area contributed by atoms with Crippen molar-refractivity contribution >= 4 is 17.7 Å². The van der Waals surface area contributed by atoms with Crippen LogP contribution in [0.1, 0.15) is 43.7 Å². The quantitative estimate of drug-likeness (QED) is 0.268. The van der Waals surface area contributed by atoms with E-state index in [4.69, 9.17) is 9.47 Å². The van der Waals surface area contributed by atoms with Gasteiger partial charge in [-0.1, -0.05) is 50.1 Å². The second-order valence-electron chi connectivity index (χ2n) is 8.10. The van der Waals surface area contributed by atoms with Crippen LogP contribution in [0.4, 0.5) is 5.69 Å². The van der Waals surface area contributed by atoms with Crippen molar-refractivity contribution in [1.29, 1.82) is 5.26 Å². The number of ether oxygens (including phenoxy) is 2. The fourth-order valence-electron chi connectivity index (χ4n) is 3.93. The van der Waals surface area contributed by atoms with Crippen molar-refractivity contribution in [2.45, 2.75) is 45.3 Å². The fraction of sp³-hybridized carbons (Fsp3) is 0.360. The molecule has 1 fully saturated rings. The number of nitrogens with zero attached hydrogens (tertiary/aromatic N) is 2. The fourth-order valence-corrected chi connectivity index (χ4v) is 3.93. The number of hydrogen-bond acceptors (Lipinski definition) is 6. The van der Waals surface area contributed by atoms with Crippen LogP contribution in [-0.4, -0.2) is 24.0 Å². The molecule has 1 saturated carbocycles. The van der Waals surface area contributed by atoms with E-state index in [1.54, 1.807) is 0 Å². The van der Waals surface area contributed by atoms with Gasteiger partial charge in [-0.15, -0.1) is 0 Å². The summed E-state index contributed by atoms with van der Waals surface area (Å²) in [5.41, 5.74) is 0.500. The Morgan fingerprint density at radius 3 is 2.61 bits per heavy atom. The predicted octanol–water partition coefficient (Wildman–Crippen LogP) is 4.78. The minimum atomic E-state index is -0.573. The minimum absolute atomic E-state index is 0.0127. The van der Waals surface area contributed by atoms with Gasteiger partial charge in [0.15, 0.2) is 11.5 Å². The van der Waals surface area contributed by atoms with Crippen LogP contribution in [0.2, 0.25) is 0 Å². The molecule has 0 radical (unpaired) electrons. The monoisotopic (exact) mass is 449 g/mol. The Kier molecular flexibility index (Phi) is 8.03. The van der Waals surface area contributed by atoms with Crippen molar-refractivity contribution in [1.82, 2.24) is 5.32 Å². The van der Waals surface area contributed by atoms with Crippen molar-refractivity contribution in [2.75, 3.05) is 7.11 Å². The zero-order chi connectivity index (χ0) is 23.8. The highest BCUT2D eigenvalue weighted by Gasteiger charge is 2.25. The number of nitrogens with one attached hydrogen (secondary N) is 1. The van der Waals surface area contributed by atoms with Crippen LogP contribution in [-0.2, 0) is 11.4 Å². The Labute approximate surface area is 193 Å². The van der Waals surface area contributed by atoms with Crippen molar-refractivity contribution < 1.29 is 19.2 Å². The predicted molar refractivity (Wildman–Crippen MR) is 124 cm³/mol. The lowest BCUT2D eigenvalue weighted by Crippen LogP contribution is -2.41. The summed E-state index contributed by atoms with van der Waals surface area (Å²) in [5, 5.41) is 24.2. The average molecular weight is 450 g/mol. The number of nitriles is 1. The molecule has 8 heteroatoms. The lowest BCUT2D eigenvalue weighted by Gasteiger charge is -2.29. The molecule has 1 aliphatic rings. The molecule has 2 atom stereocenters. The summed E-state index contributed by atoms with van der Waals surface area (Å²) in [6, 6.07) is 13.9. The van der Waals surface area contributed by atoms with Crippen LogP contribution < -0.4 is 14.8 Å². The largest absolute Gasteiger partial charge is 0.493 e. The van der Waals surface area contributed by atoms with Gasteiger partial charge >= 0.3 is 0 Å². The van der Waals surface area contributed by atoms with Crippen LogP contribution in [0.15, 0.2) is 48.0 Å². The molecule has 0 saturated heterocycles. The highest BCUT2D eigenvalue weighted by molar-refractivity contribution is 6.02. The molecular formula is C25H27N3O5. The number of amides is 1. The van der Waals surface area contributed by atoms with Gasteiger partial charge in [0.05, 0.1) is 23.7 Å². The maximum Gasteiger partial charge on any atom is 0.280 e. The van der Waals surface area contributed by atoms with E-state index in [9.17, 15) is 20.2 Å². The smallest absolute Gasteiger partial charge is 0.280 e. The number of benzene rings is 2. The lowest BCUT2D eigenvalue weighted by atomic mass is 9.86. The summed E-state index contributed by atoms with van der Waals surface area (Å²) in [7, 11) is 1.42. The van der Waals surface area contributed by atoms with Gasteiger partial charge in [-0.05, 0) is 36.5 Å². The Morgan fingerprint density at radius 2 is 1.97 bits per heavy atom. The van der Waals surface area contributed by atoms with Crippen molar-refractivity contribution in [3.8, 4) is 17.6 Å². The van der Waals surface area contributed by atoms with E-state index in [2.05, 4.69) is 12.2 Å². The molecule has 172 valence electrons. The van der Waals surface area contributed by atoms with E-state index in [1.165, 1.54) is 25.3 Å². The lowest BCUT2D eigenvalue weighted by molar-refractivity contribution is -0.385. The number of rotatable bonds is 8. The van der Waals surface area contributed by atoms with Gasteiger partial charge in [0.25, 0.3) is 11.6 Å². The third kappa shape index (κ3) is 6.10. The zero-order valence-corrected chi connectivity index (χ0v) is 18.7. The highest BCUT2D eigenvalue weighted by Crippen LogP contribution is 2.36. The van der Waals surface area contributed by atoms with Crippen LogP contribution >= 0.6 is 0 Å². The summed E-state index contributed by atoms with van der Waals surface area (Å²) in [6.45, 7) is 2.28. The molecule has 0 spiro atoms. The van der Waals surface area contributed by atoms with Gasteiger partial charge in [-0.3, -0.25) is 14.9 Å². The molecule has 33 heavy (non-hydrogen) atoms. The number of carbonyl (C=O) groups is 1. The standard InChI is InChI=1S/C25H27N3O5/c1-17-8-6-7-11-21(17)27-25(29)20(15-26)12-19-13-23(32-2)24(14-22(19)28(30)31)33-16-18-9-4-3-5-10-18/h3-5,9-10,12-14,17,21H,6-8,11,16H2,1-2H3,(H,27,29)/b20-12+. The van der Waals surface area contributed by atoms with Crippen LogP contribution in [0, 0.1) is 27.4 Å². The number of nitro groups is 1. The molecule has 1 N–H and O–H groups in total. The number of hydrogen-bond donors (Lipinski definition) is 1. The summed E-state index contributed by atoms with van der Waals surface area (Å²) in [4.78, 5) is 23.9. The van der Waals surface area contributed by atoms with E-state index in [-0.39, 0.29) is 41.0 Å². The van der Waals surface area contributed by atoms with Gasteiger partial charge < -0.3 is 14.8 Å². The number of nitro benzene ring substituents is 1. The molecule has 0 aliphatic heterocycles. The molecule has 2 aromatic carbocycles. The molecule has 2 aromatic rings. The Morgan fingerprint density at radius 1 is 1.24 bits per heavy atom. The normalized spacial score (nSPS) is 18.2. The van der Waals surface area contributed by atoms with Crippen molar-refractivity contribution in [2.24, 2.45) is 5.92 Å². The van der Waals surface area contributed by atoms with E-state index >= 15 is 0 Å². The SMILES string of the molecule is COc1cc(/C=C(\C#N)C(=O)NC2CCCCC2C)c([N+](=O)[O-])cc1OCc1ccccc1. The molecule has 1 aliphatic carbocycles.